The molecule has 0 radical (unpaired) electrons. The summed E-state index contributed by atoms with van der Waals surface area (Å²) in [4.78, 5) is 14.4. The van der Waals surface area contributed by atoms with Gasteiger partial charge in [0.1, 0.15) is 31.2 Å². The van der Waals surface area contributed by atoms with Crippen molar-refractivity contribution in [1.29, 1.82) is 0 Å². The van der Waals surface area contributed by atoms with Crippen molar-refractivity contribution in [2.45, 2.75) is 200 Å². The lowest BCUT2D eigenvalue weighted by Crippen LogP contribution is -2.42. The number of phenols is 1. The smallest absolute Gasteiger partial charge is 0.200 e. The number of anilines is 1. The van der Waals surface area contributed by atoms with Crippen molar-refractivity contribution in [1.82, 2.24) is 15.0 Å². The van der Waals surface area contributed by atoms with Crippen LogP contribution in [0.5, 0.6) is 5.75 Å². The number of ether oxygens (including phenoxy) is 5. The zero-order chi connectivity index (χ0) is 74.3. The normalized spacial score (nSPS) is 18.1. The SMILES string of the molecule is BrCC1CCOCC1.CC(C)(C)c1nc2ccc(Cl)c(S(=O)(=O)C(C)(C)C3CCOCC3)c2o1.CC(C)(C)c1nc2ccc(Cl)c(S(=O)(=O)CC3CCOCC3)c2o1.CC(C)(C)c1nc2ccc(Cl)c(SCC3CCOCC3)c2o1.CC(C)(C1CCOCC1)S(=O)(=O)c1c(Cl)ccc(N)c1O. The van der Waals surface area contributed by atoms with Crippen LogP contribution >= 0.6 is 74.1 Å². The fourth-order valence-electron chi connectivity index (χ4n) is 12.4. The lowest BCUT2D eigenvalue weighted by atomic mass is 9.88. The van der Waals surface area contributed by atoms with E-state index in [4.69, 9.17) is 89.1 Å². The summed E-state index contributed by atoms with van der Waals surface area (Å²) in [6.07, 6.45) is 8.98. The van der Waals surface area contributed by atoms with Gasteiger partial charge in [-0.3, -0.25) is 0 Å². The van der Waals surface area contributed by atoms with Gasteiger partial charge in [0.2, 0.25) is 17.7 Å². The van der Waals surface area contributed by atoms with Gasteiger partial charge in [-0.25, -0.2) is 40.2 Å². The number of nitrogen functional groups attached to an aromatic ring is 1. The summed E-state index contributed by atoms with van der Waals surface area (Å²) < 4.78 is 122. The number of sulfone groups is 3. The third-order valence-corrected chi connectivity index (χ3v) is 30.5. The number of oxazole rings is 3. The van der Waals surface area contributed by atoms with E-state index in [-0.39, 0.29) is 86.4 Å². The van der Waals surface area contributed by atoms with E-state index in [9.17, 15) is 30.4 Å². The molecule has 0 saturated carbocycles. The molecule has 28 heteroatoms. The molecule has 19 nitrogen and oxygen atoms in total. The average molecular weight is 1620 g/mol. The Hall–Kier alpha value is -3.47. The summed E-state index contributed by atoms with van der Waals surface area (Å²) in [5, 5.41) is 12.3. The van der Waals surface area contributed by atoms with Crippen molar-refractivity contribution in [3.63, 3.8) is 0 Å². The Morgan fingerprint density at radius 1 is 0.455 bits per heavy atom. The van der Waals surface area contributed by atoms with E-state index >= 15 is 0 Å². The van der Waals surface area contributed by atoms with Gasteiger partial charge in [0.25, 0.3) is 0 Å². The molecule has 3 aromatic heterocycles. The number of fused-ring (bicyclic) bond motifs is 3. The highest BCUT2D eigenvalue weighted by Crippen LogP contribution is 2.47. The minimum atomic E-state index is -3.84. The second kappa shape index (κ2) is 34.6. The maximum Gasteiger partial charge on any atom is 0.200 e. The Morgan fingerprint density at radius 2 is 0.782 bits per heavy atom. The molecule has 0 unspecified atom stereocenters. The van der Waals surface area contributed by atoms with E-state index in [1.54, 1.807) is 63.7 Å². The van der Waals surface area contributed by atoms with Gasteiger partial charge in [-0.05, 0) is 170 Å². The average Bonchev–Trinajstić information content (AvgIpc) is 1.73. The summed E-state index contributed by atoms with van der Waals surface area (Å²) in [5.41, 5.74) is 8.14. The van der Waals surface area contributed by atoms with Crippen LogP contribution in [0.15, 0.2) is 81.4 Å². The quantitative estimate of drug-likeness (QED) is 0.0470. The van der Waals surface area contributed by atoms with Gasteiger partial charge in [0.15, 0.2) is 52.0 Å². The highest BCUT2D eigenvalue weighted by Gasteiger charge is 2.47. The molecular weight excluding hydrogens is 1520 g/mol. The molecule has 0 aliphatic carbocycles. The van der Waals surface area contributed by atoms with Crippen LogP contribution in [-0.2, 0) is 69.4 Å². The summed E-state index contributed by atoms with van der Waals surface area (Å²) in [5.74, 6) is 3.98. The Bertz CT molecular complexity index is 4290. The second-order valence-corrected chi connectivity index (χ2v) is 40.9. The Labute approximate surface area is 629 Å². The first-order valence-electron chi connectivity index (χ1n) is 34.6. The molecule has 12 rings (SSSR count). The molecule has 0 spiro atoms. The molecule has 8 heterocycles. The van der Waals surface area contributed by atoms with Crippen molar-refractivity contribution in [3.8, 4) is 5.75 Å². The van der Waals surface area contributed by atoms with Crippen molar-refractivity contribution in [2.24, 2.45) is 29.6 Å². The van der Waals surface area contributed by atoms with Gasteiger partial charge < -0.3 is 47.8 Å². The zero-order valence-electron chi connectivity index (χ0n) is 60.4. The zero-order valence-corrected chi connectivity index (χ0v) is 68.2. The van der Waals surface area contributed by atoms with Crippen LogP contribution in [0.25, 0.3) is 33.3 Å². The molecule has 7 aromatic rings. The van der Waals surface area contributed by atoms with Gasteiger partial charge in [-0.1, -0.05) is 125 Å². The molecule has 0 bridgehead atoms. The third kappa shape index (κ3) is 20.2. The monoisotopic (exact) mass is 1620 g/mol. The molecule has 0 atom stereocenters. The lowest BCUT2D eigenvalue weighted by Gasteiger charge is -2.36. The number of alkyl halides is 1. The molecule has 101 heavy (non-hydrogen) atoms. The number of thioether (sulfide) groups is 1. The Balaban J connectivity index is 0.000000165. The number of phenolic OH excluding ortho intramolecular Hbond substituents is 1. The minimum absolute atomic E-state index is 0.000697. The molecular formula is C73H101BrCl4N4O15S4. The first-order chi connectivity index (χ1) is 47.2. The number of nitrogens with zero attached hydrogens (tertiary/aromatic N) is 3. The fraction of sp³-hybridized carbons (Fsp3) is 0.630. The predicted octanol–water partition coefficient (Wildman–Crippen LogP) is 18.4. The van der Waals surface area contributed by atoms with E-state index < -0.39 is 44.8 Å². The van der Waals surface area contributed by atoms with Crippen LogP contribution in [0.4, 0.5) is 5.69 Å². The van der Waals surface area contributed by atoms with Gasteiger partial charge in [0.05, 0.1) is 45.9 Å². The van der Waals surface area contributed by atoms with Crippen LogP contribution in [-0.4, -0.2) is 138 Å². The van der Waals surface area contributed by atoms with Crippen molar-refractivity contribution < 1.29 is 67.3 Å². The number of hydrogen-bond donors (Lipinski definition) is 2. The molecule has 3 N–H and O–H groups in total. The van der Waals surface area contributed by atoms with Gasteiger partial charge in [0, 0.05) is 93.4 Å². The molecule has 5 saturated heterocycles. The van der Waals surface area contributed by atoms with Crippen molar-refractivity contribution in [2.75, 3.05) is 88.6 Å². The number of aromatic nitrogens is 3. The molecule has 562 valence electrons. The molecule has 5 fully saturated rings. The lowest BCUT2D eigenvalue weighted by molar-refractivity contribution is 0.0563. The van der Waals surface area contributed by atoms with Crippen molar-refractivity contribution >= 4 is 143 Å². The number of benzene rings is 4. The number of nitrogens with two attached hydrogens (primary N) is 1. The predicted molar refractivity (Wildman–Crippen MR) is 408 cm³/mol. The third-order valence-electron chi connectivity index (χ3n) is 19.2. The van der Waals surface area contributed by atoms with E-state index in [0.29, 0.717) is 94.1 Å². The fourth-order valence-corrected chi connectivity index (χ4v) is 21.7. The molecule has 5 aliphatic heterocycles. The van der Waals surface area contributed by atoms with E-state index in [2.05, 4.69) is 51.7 Å². The standard InChI is InChI=1S/C19H26ClNO4S.C17H22ClNO4S.C17H22ClNO2S.C14H20ClNO4S.C6H11BrO/c1-18(2,3)17-21-14-7-6-13(20)16(15(14)25-17)26(22,23)19(4,5)12-8-10-24-11-9-12;1-17(2,3)16-19-13-5-4-12(18)15(14(13)23-16)24(20,21)10-11-6-8-22-9-7-11;1-17(2,3)16-19-13-5-4-12(18)15(14(13)21-16)22-10-11-6-8-20-9-7-11;1-14(2,9-5-7-20-8-6-9)21(18,19)13-10(15)3-4-11(16)12(13)17;7-5-6-1-3-8-4-2-6/h6-7,12H,8-11H2,1-5H3;4-5,11H,6-10H2,1-3H3;4-5,11H,6-10H2,1-3H3;3-4,9,17H,5-8,16H2,1-2H3;6H,1-5H2. The van der Waals surface area contributed by atoms with Gasteiger partial charge in [-0.15, -0.1) is 11.8 Å². The van der Waals surface area contributed by atoms with Gasteiger partial charge >= 0.3 is 0 Å². The van der Waals surface area contributed by atoms with Crippen LogP contribution < -0.4 is 5.73 Å². The highest BCUT2D eigenvalue weighted by molar-refractivity contribution is 9.09. The first kappa shape index (κ1) is 83.2. The Morgan fingerprint density at radius 3 is 1.19 bits per heavy atom. The number of halogens is 5. The first-order valence-corrected chi connectivity index (χ1v) is 42.8. The van der Waals surface area contributed by atoms with E-state index in [1.165, 1.54) is 25.0 Å². The summed E-state index contributed by atoms with van der Waals surface area (Å²) in [6, 6.07) is 13.2. The topological polar surface area (TPSA) is 273 Å². The summed E-state index contributed by atoms with van der Waals surface area (Å²) >= 11 is 30.3. The maximum absolute atomic E-state index is 13.6. The van der Waals surface area contributed by atoms with Gasteiger partial charge in [-0.2, -0.15) is 0 Å². The highest BCUT2D eigenvalue weighted by atomic mass is 79.9. The number of rotatable bonds is 13. The van der Waals surface area contributed by atoms with Crippen LogP contribution in [0, 0.1) is 29.6 Å². The van der Waals surface area contributed by atoms with Crippen molar-refractivity contribution in [3.05, 3.63) is 86.3 Å². The van der Waals surface area contributed by atoms with E-state index in [0.717, 1.165) is 96.0 Å². The maximum atomic E-state index is 13.6. The largest absolute Gasteiger partial charge is 0.504 e. The van der Waals surface area contributed by atoms with E-state index in [1.807, 2.05) is 53.7 Å². The van der Waals surface area contributed by atoms with Crippen LogP contribution in [0.3, 0.4) is 0 Å². The molecule has 0 amide bonds. The number of hydrogen-bond acceptors (Lipinski definition) is 20. The Kier molecular flexibility index (Phi) is 28.5. The summed E-state index contributed by atoms with van der Waals surface area (Å²) in [6.45, 7) is 32.2. The second-order valence-electron chi connectivity index (χ2n) is 30.7. The molecule has 5 aliphatic rings. The minimum Gasteiger partial charge on any atom is -0.504 e. The molecule has 4 aromatic carbocycles. The number of aromatic hydroxyl groups is 1. The van der Waals surface area contributed by atoms with Crippen LogP contribution in [0.1, 0.15) is 172 Å². The van der Waals surface area contributed by atoms with Crippen LogP contribution in [0.2, 0.25) is 20.1 Å². The summed E-state index contributed by atoms with van der Waals surface area (Å²) in [7, 11) is -11.2.